The van der Waals surface area contributed by atoms with Gasteiger partial charge in [-0.05, 0) is 62.7 Å². The van der Waals surface area contributed by atoms with Crippen molar-refractivity contribution in [2.45, 2.75) is 0 Å². The molecule has 148 valence electrons. The molecular weight excluding hydrogens is 440 g/mol. The van der Waals surface area contributed by atoms with Crippen molar-refractivity contribution in [3.8, 4) is 44.5 Å². The summed E-state index contributed by atoms with van der Waals surface area (Å²) in [6, 6.07) is 45.2. The second-order valence-corrected chi connectivity index (χ2v) is 8.53. The number of benzene rings is 5. The number of hydrogen-bond donors (Lipinski definition) is 0. The predicted molar refractivity (Wildman–Crippen MR) is 136 cm³/mol. The Bertz CT molecular complexity index is 1190. The highest BCUT2D eigenvalue weighted by atomic mass is 79.9. The zero-order valence-corrected chi connectivity index (χ0v) is 18.6. The molecule has 0 radical (unpaired) electrons. The summed E-state index contributed by atoms with van der Waals surface area (Å²) in [5.74, 6) is 0. The molecule has 0 amide bonds. The van der Waals surface area contributed by atoms with Gasteiger partial charge in [-0.2, -0.15) is 0 Å². The predicted octanol–water partition coefficient (Wildman–Crippen LogP) is 9.12. The molecule has 31 heavy (non-hydrogen) atoms. The standard InChI is InChI=1S/C30H21Br/c31-30-20-28(26-15-11-24(12-16-26)22-7-3-1-4-8-22)19-29(21-30)27-17-13-25(14-18-27)23-9-5-2-6-10-23/h1-21H. The fourth-order valence-electron chi connectivity index (χ4n) is 3.89. The van der Waals surface area contributed by atoms with E-state index < -0.39 is 0 Å². The maximum absolute atomic E-state index is 3.71. The van der Waals surface area contributed by atoms with Gasteiger partial charge in [-0.25, -0.2) is 0 Å². The molecular formula is C30H21Br. The highest BCUT2D eigenvalue weighted by Gasteiger charge is 2.06. The Balaban J connectivity index is 1.45. The van der Waals surface area contributed by atoms with E-state index in [1.807, 2.05) is 12.1 Å². The van der Waals surface area contributed by atoms with Crippen LogP contribution in [0, 0.1) is 0 Å². The molecule has 0 aromatic heterocycles. The zero-order chi connectivity index (χ0) is 21.0. The van der Waals surface area contributed by atoms with Crippen LogP contribution in [-0.4, -0.2) is 0 Å². The number of rotatable bonds is 4. The maximum Gasteiger partial charge on any atom is 0.0187 e. The van der Waals surface area contributed by atoms with Gasteiger partial charge in [0.1, 0.15) is 0 Å². The van der Waals surface area contributed by atoms with Crippen LogP contribution in [0.1, 0.15) is 0 Å². The van der Waals surface area contributed by atoms with Crippen molar-refractivity contribution < 1.29 is 0 Å². The van der Waals surface area contributed by atoms with Crippen molar-refractivity contribution in [1.29, 1.82) is 0 Å². The summed E-state index contributed by atoms with van der Waals surface area (Å²) in [7, 11) is 0. The summed E-state index contributed by atoms with van der Waals surface area (Å²) >= 11 is 3.71. The molecule has 0 aliphatic carbocycles. The molecule has 0 atom stereocenters. The van der Waals surface area contributed by atoms with E-state index in [2.05, 4.69) is 131 Å². The molecule has 5 rings (SSSR count). The summed E-state index contributed by atoms with van der Waals surface area (Å²) < 4.78 is 1.08. The van der Waals surface area contributed by atoms with Crippen molar-refractivity contribution in [2.75, 3.05) is 0 Å². The highest BCUT2D eigenvalue weighted by molar-refractivity contribution is 9.10. The van der Waals surface area contributed by atoms with E-state index in [1.165, 1.54) is 44.5 Å². The molecule has 0 fully saturated rings. The summed E-state index contributed by atoms with van der Waals surface area (Å²) in [5, 5.41) is 0. The Kier molecular flexibility index (Phi) is 5.52. The molecule has 0 N–H and O–H groups in total. The third-order valence-corrected chi connectivity index (χ3v) is 6.01. The molecule has 0 aliphatic rings. The third-order valence-electron chi connectivity index (χ3n) is 5.55. The van der Waals surface area contributed by atoms with Crippen LogP contribution in [0.25, 0.3) is 44.5 Å². The van der Waals surface area contributed by atoms with Crippen LogP contribution in [-0.2, 0) is 0 Å². The Hall–Kier alpha value is -3.42. The van der Waals surface area contributed by atoms with Crippen molar-refractivity contribution in [3.05, 3.63) is 132 Å². The van der Waals surface area contributed by atoms with Crippen molar-refractivity contribution in [2.24, 2.45) is 0 Å². The van der Waals surface area contributed by atoms with Crippen LogP contribution in [0.3, 0.4) is 0 Å². The Labute approximate surface area is 192 Å². The quantitative estimate of drug-likeness (QED) is 0.250. The van der Waals surface area contributed by atoms with E-state index >= 15 is 0 Å². The highest BCUT2D eigenvalue weighted by Crippen LogP contribution is 2.32. The molecule has 0 saturated heterocycles. The fourth-order valence-corrected chi connectivity index (χ4v) is 4.39. The minimum atomic E-state index is 1.08. The molecule has 0 saturated carbocycles. The molecule has 5 aromatic carbocycles. The lowest BCUT2D eigenvalue weighted by atomic mass is 9.96. The van der Waals surface area contributed by atoms with Crippen molar-refractivity contribution in [1.82, 2.24) is 0 Å². The van der Waals surface area contributed by atoms with Gasteiger partial charge < -0.3 is 0 Å². The normalized spacial score (nSPS) is 10.7. The first-order valence-corrected chi connectivity index (χ1v) is 11.2. The largest absolute Gasteiger partial charge is 0.0622 e. The van der Waals surface area contributed by atoms with Crippen LogP contribution in [0.5, 0.6) is 0 Å². The number of halogens is 1. The zero-order valence-electron chi connectivity index (χ0n) is 17.0. The Morgan fingerprint density at radius 1 is 0.290 bits per heavy atom. The average molecular weight is 461 g/mol. The monoisotopic (exact) mass is 460 g/mol. The molecule has 1 heteroatoms. The molecule has 0 spiro atoms. The lowest BCUT2D eigenvalue weighted by molar-refractivity contribution is 1.55. The first kappa shape index (κ1) is 19.5. The lowest BCUT2D eigenvalue weighted by Gasteiger charge is -2.10. The van der Waals surface area contributed by atoms with Gasteiger partial charge >= 0.3 is 0 Å². The second kappa shape index (κ2) is 8.75. The molecule has 5 aromatic rings. The van der Waals surface area contributed by atoms with Gasteiger partial charge in [0.2, 0.25) is 0 Å². The van der Waals surface area contributed by atoms with Gasteiger partial charge in [0, 0.05) is 4.47 Å². The molecule has 0 aliphatic heterocycles. The molecule has 0 heterocycles. The van der Waals surface area contributed by atoms with Gasteiger partial charge in [-0.15, -0.1) is 0 Å². The minimum absolute atomic E-state index is 1.08. The van der Waals surface area contributed by atoms with Crippen LogP contribution in [0.15, 0.2) is 132 Å². The average Bonchev–Trinajstić information content (AvgIpc) is 2.85. The van der Waals surface area contributed by atoms with Crippen LogP contribution in [0.4, 0.5) is 0 Å². The van der Waals surface area contributed by atoms with Crippen molar-refractivity contribution >= 4 is 15.9 Å². The van der Waals surface area contributed by atoms with Crippen LogP contribution in [0.2, 0.25) is 0 Å². The minimum Gasteiger partial charge on any atom is -0.0622 e. The Morgan fingerprint density at radius 2 is 0.581 bits per heavy atom. The molecule has 0 bridgehead atoms. The van der Waals surface area contributed by atoms with Crippen LogP contribution >= 0.6 is 15.9 Å². The lowest BCUT2D eigenvalue weighted by Crippen LogP contribution is -1.84. The molecule has 0 unspecified atom stereocenters. The van der Waals surface area contributed by atoms with Crippen LogP contribution < -0.4 is 0 Å². The van der Waals surface area contributed by atoms with E-state index in [4.69, 9.17) is 0 Å². The van der Waals surface area contributed by atoms with E-state index in [1.54, 1.807) is 0 Å². The Morgan fingerprint density at radius 3 is 0.935 bits per heavy atom. The third kappa shape index (κ3) is 4.38. The molecule has 0 nitrogen and oxygen atoms in total. The smallest absolute Gasteiger partial charge is 0.0187 e. The summed E-state index contributed by atoms with van der Waals surface area (Å²) in [4.78, 5) is 0. The maximum atomic E-state index is 3.71. The second-order valence-electron chi connectivity index (χ2n) is 7.62. The van der Waals surface area contributed by atoms with E-state index in [-0.39, 0.29) is 0 Å². The summed E-state index contributed by atoms with van der Waals surface area (Å²) in [6.07, 6.45) is 0. The SMILES string of the molecule is Brc1cc(-c2ccc(-c3ccccc3)cc2)cc(-c2ccc(-c3ccccc3)cc2)c1. The first-order valence-electron chi connectivity index (χ1n) is 10.4. The topological polar surface area (TPSA) is 0 Å². The van der Waals surface area contributed by atoms with Gasteiger partial charge in [0.15, 0.2) is 0 Å². The van der Waals surface area contributed by atoms with E-state index in [0.717, 1.165) is 4.47 Å². The summed E-state index contributed by atoms with van der Waals surface area (Å²) in [6.45, 7) is 0. The first-order chi connectivity index (χ1) is 15.3. The van der Waals surface area contributed by atoms with Gasteiger partial charge in [-0.3, -0.25) is 0 Å². The fraction of sp³-hybridized carbons (Fsp3) is 0. The van der Waals surface area contributed by atoms with Crippen molar-refractivity contribution in [3.63, 3.8) is 0 Å². The van der Waals surface area contributed by atoms with Gasteiger partial charge in [0.25, 0.3) is 0 Å². The van der Waals surface area contributed by atoms with Gasteiger partial charge in [-0.1, -0.05) is 125 Å². The van der Waals surface area contributed by atoms with E-state index in [0.29, 0.717) is 0 Å². The van der Waals surface area contributed by atoms with E-state index in [9.17, 15) is 0 Å². The van der Waals surface area contributed by atoms with Gasteiger partial charge in [0.05, 0.1) is 0 Å². The summed E-state index contributed by atoms with van der Waals surface area (Å²) in [5.41, 5.74) is 9.77. The number of hydrogen-bond acceptors (Lipinski definition) is 0.